The predicted octanol–water partition coefficient (Wildman–Crippen LogP) is 2.04. The normalized spacial score (nSPS) is 13.1. The zero-order chi connectivity index (χ0) is 20.9. The number of nitrogens with one attached hydrogen (secondary N) is 1. The standard InChI is InChI=1S/C18H16F3N3O3S/c1-3-24-15(25)14(28-16(24)13(9-22)17(26)27-4-2)10-23-12-7-5-11(6-8-12)18(19,20)21/h5-8,10,23H,3-4H2,1-2H3. The smallest absolute Gasteiger partial charge is 0.416 e. The molecule has 0 aliphatic heterocycles. The Morgan fingerprint density at radius 2 is 1.96 bits per heavy atom. The van der Waals surface area contributed by atoms with Crippen molar-refractivity contribution in [2.24, 2.45) is 0 Å². The summed E-state index contributed by atoms with van der Waals surface area (Å²) < 4.78 is 44.3. The number of nitriles is 1. The average molecular weight is 411 g/mol. The summed E-state index contributed by atoms with van der Waals surface area (Å²) in [5.74, 6) is -0.823. The first kappa shape index (κ1) is 21.2. The first-order valence-corrected chi connectivity index (χ1v) is 8.99. The largest absolute Gasteiger partial charge is 0.462 e. The summed E-state index contributed by atoms with van der Waals surface area (Å²) in [6, 6.07) is 6.07. The summed E-state index contributed by atoms with van der Waals surface area (Å²) in [6.07, 6.45) is -3.11. The Hall–Kier alpha value is -3.06. The second-order valence-electron chi connectivity index (χ2n) is 5.39. The van der Waals surface area contributed by atoms with Gasteiger partial charge in [0.15, 0.2) is 5.57 Å². The molecule has 0 saturated heterocycles. The number of nitrogens with zero attached hydrogens (tertiary/aromatic N) is 2. The van der Waals surface area contributed by atoms with Gasteiger partial charge in [-0.1, -0.05) is 0 Å². The SMILES string of the molecule is CCOC(=O)C(C#N)=c1sc(=CNc2ccc(C(F)(F)F)cc2)c(=O)n1CC. The molecule has 0 unspecified atom stereocenters. The fourth-order valence-electron chi connectivity index (χ4n) is 2.28. The lowest BCUT2D eigenvalue weighted by Gasteiger charge is -2.07. The molecular weight excluding hydrogens is 395 g/mol. The molecular formula is C18H16F3N3O3S. The quantitative estimate of drug-likeness (QED) is 0.762. The molecule has 28 heavy (non-hydrogen) atoms. The molecule has 0 spiro atoms. The van der Waals surface area contributed by atoms with Gasteiger partial charge in [-0.15, -0.1) is 11.3 Å². The maximum atomic E-state index is 12.6. The molecule has 0 atom stereocenters. The number of halogens is 3. The van der Waals surface area contributed by atoms with E-state index < -0.39 is 23.3 Å². The number of benzene rings is 1. The minimum atomic E-state index is -4.43. The summed E-state index contributed by atoms with van der Waals surface area (Å²) in [4.78, 5) is 24.5. The van der Waals surface area contributed by atoms with Gasteiger partial charge in [0.1, 0.15) is 15.3 Å². The zero-order valence-corrected chi connectivity index (χ0v) is 15.8. The molecule has 1 aromatic heterocycles. The van der Waals surface area contributed by atoms with E-state index in [4.69, 9.17) is 4.74 Å². The van der Waals surface area contributed by atoms with E-state index in [-0.39, 0.29) is 27.9 Å². The highest BCUT2D eigenvalue weighted by Crippen LogP contribution is 2.29. The summed E-state index contributed by atoms with van der Waals surface area (Å²) in [7, 11) is 0. The number of esters is 1. The van der Waals surface area contributed by atoms with Crippen molar-refractivity contribution in [3.05, 3.63) is 49.4 Å². The Morgan fingerprint density at radius 1 is 1.32 bits per heavy atom. The van der Waals surface area contributed by atoms with Gasteiger partial charge in [-0.3, -0.25) is 9.36 Å². The number of hydrogen-bond donors (Lipinski definition) is 1. The number of rotatable bonds is 5. The third-order valence-electron chi connectivity index (χ3n) is 3.61. The topological polar surface area (TPSA) is 84.1 Å². The fourth-order valence-corrected chi connectivity index (χ4v) is 3.36. The maximum Gasteiger partial charge on any atom is 0.416 e. The fraction of sp³-hybridized carbons (Fsp3) is 0.278. The highest BCUT2D eigenvalue weighted by Gasteiger charge is 2.29. The van der Waals surface area contributed by atoms with E-state index in [2.05, 4.69) is 5.32 Å². The van der Waals surface area contributed by atoms with Crippen molar-refractivity contribution in [2.45, 2.75) is 26.6 Å². The second kappa shape index (κ2) is 8.75. The van der Waals surface area contributed by atoms with E-state index in [0.717, 1.165) is 23.5 Å². The van der Waals surface area contributed by atoms with E-state index >= 15 is 0 Å². The number of ether oxygens (including phenoxy) is 1. The van der Waals surface area contributed by atoms with Crippen molar-refractivity contribution in [1.82, 2.24) is 4.57 Å². The molecule has 0 fully saturated rings. The van der Waals surface area contributed by atoms with Crippen molar-refractivity contribution >= 4 is 34.8 Å². The molecule has 0 bridgehead atoms. The minimum Gasteiger partial charge on any atom is -0.462 e. The van der Waals surface area contributed by atoms with Crippen LogP contribution in [-0.2, 0) is 22.3 Å². The van der Waals surface area contributed by atoms with Crippen LogP contribution >= 0.6 is 11.3 Å². The molecule has 10 heteroatoms. The Kier molecular flexibility index (Phi) is 6.64. The Bertz CT molecular complexity index is 1080. The van der Waals surface area contributed by atoms with Crippen LogP contribution in [0.15, 0.2) is 29.1 Å². The minimum absolute atomic E-state index is 0.0835. The van der Waals surface area contributed by atoms with Crippen LogP contribution in [0.4, 0.5) is 18.9 Å². The Morgan fingerprint density at radius 3 is 2.46 bits per heavy atom. The van der Waals surface area contributed by atoms with E-state index in [1.54, 1.807) is 19.9 Å². The van der Waals surface area contributed by atoms with Gasteiger partial charge in [-0.05, 0) is 38.1 Å². The number of aromatic nitrogens is 1. The number of alkyl halides is 3. The molecule has 1 aromatic carbocycles. The molecule has 2 aromatic rings. The van der Waals surface area contributed by atoms with Crippen molar-refractivity contribution < 1.29 is 22.7 Å². The number of hydrogen-bond acceptors (Lipinski definition) is 6. The van der Waals surface area contributed by atoms with E-state index in [9.17, 15) is 28.0 Å². The van der Waals surface area contributed by atoms with Crippen molar-refractivity contribution in [3.8, 4) is 6.07 Å². The lowest BCUT2D eigenvalue weighted by atomic mass is 10.2. The summed E-state index contributed by atoms with van der Waals surface area (Å²) in [6.45, 7) is 3.59. The molecule has 6 nitrogen and oxygen atoms in total. The number of thiazole rings is 1. The highest BCUT2D eigenvalue weighted by atomic mass is 32.1. The summed E-state index contributed by atoms with van der Waals surface area (Å²) in [5, 5.41) is 12.0. The first-order valence-electron chi connectivity index (χ1n) is 8.18. The number of carbonyl (C=O) groups excluding carboxylic acids is 1. The van der Waals surface area contributed by atoms with Crippen LogP contribution in [0.2, 0.25) is 0 Å². The molecule has 0 radical (unpaired) electrons. The third kappa shape index (κ3) is 4.61. The molecule has 1 N–H and O–H groups in total. The van der Waals surface area contributed by atoms with Crippen LogP contribution < -0.4 is 20.1 Å². The highest BCUT2D eigenvalue weighted by molar-refractivity contribution is 7.07. The molecule has 0 aliphatic carbocycles. The monoisotopic (exact) mass is 411 g/mol. The predicted molar refractivity (Wildman–Crippen MR) is 98.7 cm³/mol. The van der Waals surface area contributed by atoms with Crippen LogP contribution in [0, 0.1) is 11.3 Å². The van der Waals surface area contributed by atoms with Crippen molar-refractivity contribution in [2.75, 3.05) is 11.9 Å². The molecule has 0 saturated carbocycles. The van der Waals surface area contributed by atoms with Gasteiger partial charge >= 0.3 is 12.1 Å². The van der Waals surface area contributed by atoms with Gasteiger partial charge in [-0.25, -0.2) is 4.79 Å². The van der Waals surface area contributed by atoms with Crippen LogP contribution in [0.3, 0.4) is 0 Å². The van der Waals surface area contributed by atoms with Crippen LogP contribution in [0.1, 0.15) is 19.4 Å². The van der Waals surface area contributed by atoms with Crippen LogP contribution in [-0.4, -0.2) is 17.1 Å². The Balaban J connectivity index is 2.48. The second-order valence-corrected chi connectivity index (χ2v) is 6.42. The molecule has 1 heterocycles. The molecule has 2 rings (SSSR count). The molecule has 0 aliphatic rings. The van der Waals surface area contributed by atoms with Gasteiger partial charge < -0.3 is 10.1 Å². The lowest BCUT2D eigenvalue weighted by Crippen LogP contribution is -2.32. The zero-order valence-electron chi connectivity index (χ0n) is 15.0. The van der Waals surface area contributed by atoms with Gasteiger partial charge in [0, 0.05) is 18.4 Å². The Labute approximate surface area is 161 Å². The third-order valence-corrected chi connectivity index (χ3v) is 4.74. The first-order chi connectivity index (χ1) is 13.2. The number of carbonyl (C=O) groups is 1. The van der Waals surface area contributed by atoms with Crippen LogP contribution in [0.5, 0.6) is 0 Å². The van der Waals surface area contributed by atoms with Crippen molar-refractivity contribution in [1.29, 1.82) is 5.26 Å². The van der Waals surface area contributed by atoms with E-state index in [1.165, 1.54) is 22.9 Å². The van der Waals surface area contributed by atoms with Crippen molar-refractivity contribution in [3.63, 3.8) is 0 Å². The molecule has 0 amide bonds. The van der Waals surface area contributed by atoms with E-state index in [0.29, 0.717) is 5.69 Å². The summed E-state index contributed by atoms with van der Waals surface area (Å²) in [5.41, 5.74) is -1.15. The van der Waals surface area contributed by atoms with Gasteiger partial charge in [0.25, 0.3) is 5.56 Å². The van der Waals surface area contributed by atoms with Crippen LogP contribution in [0.25, 0.3) is 11.8 Å². The average Bonchev–Trinajstić information content (AvgIpc) is 2.96. The summed E-state index contributed by atoms with van der Waals surface area (Å²) >= 11 is 0.916. The lowest BCUT2D eigenvalue weighted by molar-refractivity contribution is -0.138. The van der Waals surface area contributed by atoms with E-state index in [1.807, 2.05) is 0 Å². The van der Waals surface area contributed by atoms with Gasteiger partial charge in [0.05, 0.1) is 12.2 Å². The maximum absolute atomic E-state index is 12.6. The van der Waals surface area contributed by atoms with Gasteiger partial charge in [-0.2, -0.15) is 18.4 Å². The number of anilines is 1. The van der Waals surface area contributed by atoms with Gasteiger partial charge in [0.2, 0.25) is 0 Å². The molecule has 148 valence electrons.